The highest BCUT2D eigenvalue weighted by Crippen LogP contribution is 2.56. The van der Waals surface area contributed by atoms with E-state index in [1.807, 2.05) is 0 Å². The quantitative estimate of drug-likeness (QED) is 0.745. The third kappa shape index (κ3) is 2.00. The Morgan fingerprint density at radius 2 is 1.12 bits per heavy atom. The van der Waals surface area contributed by atoms with Gasteiger partial charge in [-0.05, 0) is 52.1 Å². The van der Waals surface area contributed by atoms with Crippen LogP contribution in [-0.4, -0.2) is 5.25 Å². The van der Waals surface area contributed by atoms with Gasteiger partial charge in [-0.15, -0.1) is 0 Å². The molecule has 2 aromatic rings. The third-order valence-corrected chi connectivity index (χ3v) is 5.94. The second kappa shape index (κ2) is 4.34. The van der Waals surface area contributed by atoms with E-state index < -0.39 is 0 Å². The summed E-state index contributed by atoms with van der Waals surface area (Å²) in [7, 11) is -0.0988. The number of hydrogen-bond donors (Lipinski definition) is 1. The molecular formula is C15H16S. The number of rotatable bonds is 3. The molecule has 0 unspecified atom stereocenters. The lowest BCUT2D eigenvalue weighted by Gasteiger charge is -2.22. The van der Waals surface area contributed by atoms with Crippen LogP contribution in [0.3, 0.4) is 0 Å². The van der Waals surface area contributed by atoms with Crippen LogP contribution in [0.15, 0.2) is 70.5 Å². The molecule has 2 aromatic carbocycles. The van der Waals surface area contributed by atoms with E-state index in [2.05, 4.69) is 60.7 Å². The van der Waals surface area contributed by atoms with E-state index >= 15 is 0 Å². The second-order valence-electron chi connectivity index (χ2n) is 4.27. The van der Waals surface area contributed by atoms with Gasteiger partial charge in [0.1, 0.15) is 0 Å². The van der Waals surface area contributed by atoms with Crippen LogP contribution in [0, 0.1) is 0 Å². The van der Waals surface area contributed by atoms with E-state index in [1.165, 1.54) is 22.6 Å². The van der Waals surface area contributed by atoms with Crippen molar-refractivity contribution in [3.8, 4) is 0 Å². The molecule has 0 saturated heterocycles. The lowest BCUT2D eigenvalue weighted by atomic mass is 10.4. The lowest BCUT2D eigenvalue weighted by molar-refractivity contribution is 1.33. The second-order valence-corrected chi connectivity index (χ2v) is 6.78. The van der Waals surface area contributed by atoms with Crippen LogP contribution in [-0.2, 0) is 0 Å². The van der Waals surface area contributed by atoms with Crippen LogP contribution >= 0.6 is 10.9 Å². The van der Waals surface area contributed by atoms with Gasteiger partial charge in [-0.25, -0.2) is 0 Å². The van der Waals surface area contributed by atoms with E-state index in [4.69, 9.17) is 0 Å². The van der Waals surface area contributed by atoms with Gasteiger partial charge < -0.3 is 0 Å². The normalized spacial score (nSPS) is 15.9. The Kier molecular flexibility index (Phi) is 2.71. The van der Waals surface area contributed by atoms with Crippen molar-refractivity contribution in [2.45, 2.75) is 27.9 Å². The maximum absolute atomic E-state index is 2.29. The lowest BCUT2D eigenvalue weighted by Crippen LogP contribution is -1.90. The molecule has 0 atom stereocenters. The van der Waals surface area contributed by atoms with Gasteiger partial charge in [-0.3, -0.25) is 0 Å². The minimum atomic E-state index is -0.0988. The molecule has 16 heavy (non-hydrogen) atoms. The Balaban J connectivity index is 1.99. The topological polar surface area (TPSA) is 0 Å². The average molecular weight is 228 g/mol. The summed E-state index contributed by atoms with van der Waals surface area (Å²) in [5.74, 6) is 0. The van der Waals surface area contributed by atoms with Crippen LogP contribution in [0.1, 0.15) is 12.8 Å². The highest BCUT2D eigenvalue weighted by Gasteiger charge is 2.30. The fraction of sp³-hybridized carbons (Fsp3) is 0.200. The molecule has 0 spiro atoms. The van der Waals surface area contributed by atoms with E-state index in [0.717, 1.165) is 5.25 Å². The molecule has 1 aliphatic carbocycles. The van der Waals surface area contributed by atoms with E-state index in [0.29, 0.717) is 0 Å². The fourth-order valence-corrected chi connectivity index (χ4v) is 4.87. The molecule has 1 aliphatic rings. The van der Waals surface area contributed by atoms with Crippen LogP contribution < -0.4 is 0 Å². The molecule has 1 saturated carbocycles. The Hall–Kier alpha value is -1.21. The van der Waals surface area contributed by atoms with Gasteiger partial charge in [-0.2, -0.15) is 10.9 Å². The predicted octanol–water partition coefficient (Wildman–Crippen LogP) is 4.27. The van der Waals surface area contributed by atoms with Crippen LogP contribution in [0.2, 0.25) is 0 Å². The summed E-state index contributed by atoms with van der Waals surface area (Å²) in [5.41, 5.74) is 0. The molecule has 0 bridgehead atoms. The first kappa shape index (κ1) is 9.98. The fourth-order valence-electron chi connectivity index (χ4n) is 2.08. The summed E-state index contributed by atoms with van der Waals surface area (Å²) in [6.07, 6.45) is 2.82. The summed E-state index contributed by atoms with van der Waals surface area (Å²) in [6.45, 7) is 0. The van der Waals surface area contributed by atoms with Crippen molar-refractivity contribution in [1.29, 1.82) is 0 Å². The SMILES string of the molecule is c1ccc([SH](c2ccccc2)C2CC2)cc1. The van der Waals surface area contributed by atoms with Crippen LogP contribution in [0.5, 0.6) is 0 Å². The molecular weight excluding hydrogens is 212 g/mol. The zero-order valence-electron chi connectivity index (χ0n) is 9.21. The Morgan fingerprint density at radius 3 is 1.50 bits per heavy atom. The Bertz CT molecular complexity index is 406. The molecule has 1 heteroatoms. The first-order chi connectivity index (χ1) is 7.95. The van der Waals surface area contributed by atoms with Gasteiger partial charge >= 0.3 is 0 Å². The Morgan fingerprint density at radius 1 is 0.688 bits per heavy atom. The number of benzene rings is 2. The van der Waals surface area contributed by atoms with Gasteiger partial charge in [0.05, 0.1) is 0 Å². The molecule has 0 heterocycles. The Labute approximate surface area is 99.7 Å². The van der Waals surface area contributed by atoms with Crippen LogP contribution in [0.4, 0.5) is 0 Å². The zero-order valence-corrected chi connectivity index (χ0v) is 10.1. The minimum absolute atomic E-state index is 0.0988. The van der Waals surface area contributed by atoms with Gasteiger partial charge in [-0.1, -0.05) is 36.4 Å². The van der Waals surface area contributed by atoms with E-state index in [9.17, 15) is 0 Å². The summed E-state index contributed by atoms with van der Waals surface area (Å²) in [5, 5.41) is 0.930. The first-order valence-corrected chi connectivity index (χ1v) is 7.25. The minimum Gasteiger partial charge on any atom is -0.197 e. The largest absolute Gasteiger partial charge is 0.197 e. The molecule has 0 radical (unpaired) electrons. The standard InChI is InChI=1S/C15H16S/c1-3-7-13(8-4-1)16(15-11-12-15)14-9-5-2-6-10-14/h1-10,15-16H,11-12H2. The van der Waals surface area contributed by atoms with Crippen molar-refractivity contribution < 1.29 is 0 Å². The summed E-state index contributed by atoms with van der Waals surface area (Å²) in [6, 6.07) is 22.0. The van der Waals surface area contributed by atoms with E-state index in [-0.39, 0.29) is 10.9 Å². The van der Waals surface area contributed by atoms with Crippen molar-refractivity contribution in [2.24, 2.45) is 0 Å². The summed E-state index contributed by atoms with van der Waals surface area (Å²) >= 11 is 0. The predicted molar refractivity (Wildman–Crippen MR) is 71.4 cm³/mol. The number of thiol groups is 1. The van der Waals surface area contributed by atoms with Crippen molar-refractivity contribution in [3.05, 3.63) is 60.7 Å². The van der Waals surface area contributed by atoms with E-state index in [1.54, 1.807) is 0 Å². The third-order valence-electron chi connectivity index (χ3n) is 2.98. The summed E-state index contributed by atoms with van der Waals surface area (Å²) in [4.78, 5) is 3.07. The van der Waals surface area contributed by atoms with Gasteiger partial charge in [0.25, 0.3) is 0 Å². The number of hydrogen-bond acceptors (Lipinski definition) is 0. The average Bonchev–Trinajstić information content (AvgIpc) is 3.17. The van der Waals surface area contributed by atoms with Crippen molar-refractivity contribution >= 4 is 10.9 Å². The molecule has 0 nitrogen and oxygen atoms in total. The molecule has 82 valence electrons. The highest BCUT2D eigenvalue weighted by molar-refractivity contribution is 8.17. The molecule has 0 amide bonds. The molecule has 1 fully saturated rings. The molecule has 3 rings (SSSR count). The molecule has 0 aliphatic heterocycles. The summed E-state index contributed by atoms with van der Waals surface area (Å²) < 4.78 is 0. The molecule has 0 aromatic heterocycles. The van der Waals surface area contributed by atoms with Crippen molar-refractivity contribution in [3.63, 3.8) is 0 Å². The van der Waals surface area contributed by atoms with Crippen LogP contribution in [0.25, 0.3) is 0 Å². The molecule has 0 N–H and O–H groups in total. The highest BCUT2D eigenvalue weighted by atomic mass is 32.2. The smallest absolute Gasteiger partial charge is 0.00587 e. The van der Waals surface area contributed by atoms with Gasteiger partial charge in [0.15, 0.2) is 0 Å². The van der Waals surface area contributed by atoms with Crippen molar-refractivity contribution in [2.75, 3.05) is 0 Å². The zero-order chi connectivity index (χ0) is 10.8. The first-order valence-electron chi connectivity index (χ1n) is 5.84. The maximum atomic E-state index is 2.29. The van der Waals surface area contributed by atoms with Gasteiger partial charge in [0, 0.05) is 0 Å². The van der Waals surface area contributed by atoms with Crippen molar-refractivity contribution in [1.82, 2.24) is 0 Å². The van der Waals surface area contributed by atoms with Gasteiger partial charge in [0.2, 0.25) is 0 Å². The maximum Gasteiger partial charge on any atom is -0.00587 e. The monoisotopic (exact) mass is 228 g/mol.